The zero-order valence-electron chi connectivity index (χ0n) is 13.4. The SMILES string of the molecule is CCOCc1ccc(CNC(=O)C2CC23CCNCC3)cc1. The third-order valence-corrected chi connectivity index (χ3v) is 5.07. The zero-order chi connectivity index (χ0) is 15.4. The maximum Gasteiger partial charge on any atom is 0.223 e. The Labute approximate surface area is 132 Å². The summed E-state index contributed by atoms with van der Waals surface area (Å²) in [7, 11) is 0. The number of amides is 1. The van der Waals surface area contributed by atoms with E-state index in [-0.39, 0.29) is 11.8 Å². The first-order valence-electron chi connectivity index (χ1n) is 8.37. The minimum atomic E-state index is 0.236. The van der Waals surface area contributed by atoms with Crippen LogP contribution in [0, 0.1) is 11.3 Å². The molecule has 1 aliphatic heterocycles. The summed E-state index contributed by atoms with van der Waals surface area (Å²) < 4.78 is 5.39. The Balaban J connectivity index is 1.45. The topological polar surface area (TPSA) is 50.4 Å². The second-order valence-corrected chi connectivity index (χ2v) is 6.54. The van der Waals surface area contributed by atoms with Gasteiger partial charge in [0.1, 0.15) is 0 Å². The third-order valence-electron chi connectivity index (χ3n) is 5.07. The zero-order valence-corrected chi connectivity index (χ0v) is 13.4. The molecule has 0 bridgehead atoms. The van der Waals surface area contributed by atoms with Gasteiger partial charge < -0.3 is 15.4 Å². The first-order chi connectivity index (χ1) is 10.7. The molecule has 3 rings (SSSR count). The van der Waals surface area contributed by atoms with Gasteiger partial charge >= 0.3 is 0 Å². The molecular formula is C18H26N2O2. The van der Waals surface area contributed by atoms with Crippen LogP contribution in [0.15, 0.2) is 24.3 Å². The molecule has 2 fully saturated rings. The maximum absolute atomic E-state index is 12.3. The molecule has 2 N–H and O–H groups in total. The summed E-state index contributed by atoms with van der Waals surface area (Å²) >= 11 is 0. The fraction of sp³-hybridized carbons (Fsp3) is 0.611. The lowest BCUT2D eigenvalue weighted by atomic mass is 9.92. The second kappa shape index (κ2) is 6.80. The molecule has 0 radical (unpaired) electrons. The number of benzene rings is 1. The number of nitrogens with one attached hydrogen (secondary N) is 2. The number of carbonyl (C=O) groups excluding carboxylic acids is 1. The smallest absolute Gasteiger partial charge is 0.223 e. The molecule has 1 amide bonds. The van der Waals surface area contributed by atoms with Gasteiger partial charge in [-0.2, -0.15) is 0 Å². The van der Waals surface area contributed by atoms with Crippen molar-refractivity contribution in [2.45, 2.75) is 39.3 Å². The van der Waals surface area contributed by atoms with Crippen LogP contribution in [0.3, 0.4) is 0 Å². The van der Waals surface area contributed by atoms with Crippen molar-refractivity contribution >= 4 is 5.91 Å². The standard InChI is InChI=1S/C18H26N2O2/c1-2-22-13-15-5-3-14(4-6-15)12-20-17(21)16-11-18(16)7-9-19-10-8-18/h3-6,16,19H,2,7-13H2,1H3,(H,20,21). The van der Waals surface area contributed by atoms with Gasteiger partial charge in [-0.3, -0.25) is 4.79 Å². The Morgan fingerprint density at radius 2 is 1.95 bits per heavy atom. The predicted molar refractivity (Wildman–Crippen MR) is 86.3 cm³/mol. The molecule has 1 heterocycles. The van der Waals surface area contributed by atoms with Crippen LogP contribution in [0.4, 0.5) is 0 Å². The van der Waals surface area contributed by atoms with Gasteiger partial charge in [0.2, 0.25) is 5.91 Å². The minimum Gasteiger partial charge on any atom is -0.377 e. The average Bonchev–Trinajstić information content (AvgIpc) is 3.25. The highest BCUT2D eigenvalue weighted by molar-refractivity contribution is 5.82. The molecule has 1 unspecified atom stereocenters. The van der Waals surface area contributed by atoms with Gasteiger partial charge in [-0.15, -0.1) is 0 Å². The van der Waals surface area contributed by atoms with Gasteiger partial charge in [0.15, 0.2) is 0 Å². The molecule has 1 aliphatic carbocycles. The van der Waals surface area contributed by atoms with E-state index in [1.807, 2.05) is 6.92 Å². The lowest BCUT2D eigenvalue weighted by Crippen LogP contribution is -2.33. The number of rotatable bonds is 6. The van der Waals surface area contributed by atoms with Crippen molar-refractivity contribution in [2.24, 2.45) is 11.3 Å². The Bertz CT molecular complexity index is 506. The van der Waals surface area contributed by atoms with Gasteiger partial charge in [0.25, 0.3) is 0 Å². The average molecular weight is 302 g/mol. The summed E-state index contributed by atoms with van der Waals surface area (Å²) in [4.78, 5) is 12.3. The molecule has 1 saturated carbocycles. The number of hydrogen-bond donors (Lipinski definition) is 2. The van der Waals surface area contributed by atoms with E-state index in [4.69, 9.17) is 4.74 Å². The van der Waals surface area contributed by atoms with E-state index in [1.165, 1.54) is 5.56 Å². The van der Waals surface area contributed by atoms with E-state index in [1.54, 1.807) is 0 Å². The first kappa shape index (κ1) is 15.5. The Hall–Kier alpha value is -1.39. The Morgan fingerprint density at radius 3 is 2.64 bits per heavy atom. The molecule has 1 aromatic rings. The quantitative estimate of drug-likeness (QED) is 0.847. The Kier molecular flexibility index (Phi) is 4.79. The van der Waals surface area contributed by atoms with Crippen LogP contribution in [-0.4, -0.2) is 25.6 Å². The summed E-state index contributed by atoms with van der Waals surface area (Å²) in [5.74, 6) is 0.479. The number of carbonyl (C=O) groups is 1. The van der Waals surface area contributed by atoms with Crippen LogP contribution in [-0.2, 0) is 22.7 Å². The van der Waals surface area contributed by atoms with Gasteiger partial charge in [0, 0.05) is 19.1 Å². The van der Waals surface area contributed by atoms with E-state index >= 15 is 0 Å². The summed E-state index contributed by atoms with van der Waals surface area (Å²) in [5.41, 5.74) is 2.64. The maximum atomic E-state index is 12.3. The largest absolute Gasteiger partial charge is 0.377 e. The van der Waals surface area contributed by atoms with Gasteiger partial charge in [-0.05, 0) is 55.8 Å². The van der Waals surface area contributed by atoms with Crippen molar-refractivity contribution in [1.29, 1.82) is 0 Å². The molecule has 22 heavy (non-hydrogen) atoms. The van der Waals surface area contributed by atoms with Crippen molar-refractivity contribution in [3.05, 3.63) is 35.4 Å². The fourth-order valence-corrected chi connectivity index (χ4v) is 3.48. The third kappa shape index (κ3) is 3.50. The number of ether oxygens (including phenoxy) is 1. The lowest BCUT2D eigenvalue weighted by Gasteiger charge is -2.23. The second-order valence-electron chi connectivity index (χ2n) is 6.54. The van der Waals surface area contributed by atoms with Crippen molar-refractivity contribution in [3.63, 3.8) is 0 Å². The van der Waals surface area contributed by atoms with Crippen molar-refractivity contribution in [1.82, 2.24) is 10.6 Å². The molecule has 4 nitrogen and oxygen atoms in total. The highest BCUT2D eigenvalue weighted by Gasteiger charge is 2.57. The molecular weight excluding hydrogens is 276 g/mol. The summed E-state index contributed by atoms with van der Waals surface area (Å²) in [6.45, 7) is 6.13. The molecule has 120 valence electrons. The van der Waals surface area contributed by atoms with Crippen LogP contribution in [0.5, 0.6) is 0 Å². The normalized spacial score (nSPS) is 22.5. The highest BCUT2D eigenvalue weighted by Crippen LogP contribution is 2.58. The van der Waals surface area contributed by atoms with Gasteiger partial charge in [0.05, 0.1) is 6.61 Å². The van der Waals surface area contributed by atoms with Crippen LogP contribution in [0.25, 0.3) is 0 Å². The first-order valence-corrected chi connectivity index (χ1v) is 8.37. The number of piperidine rings is 1. The van der Waals surface area contributed by atoms with Crippen LogP contribution >= 0.6 is 0 Å². The predicted octanol–water partition coefficient (Wildman–Crippen LogP) is 2.23. The monoisotopic (exact) mass is 302 g/mol. The van der Waals surface area contributed by atoms with Crippen molar-refractivity contribution < 1.29 is 9.53 Å². The van der Waals surface area contributed by atoms with Crippen LogP contribution in [0.2, 0.25) is 0 Å². The number of hydrogen-bond acceptors (Lipinski definition) is 3. The van der Waals surface area contributed by atoms with E-state index in [0.717, 1.165) is 44.5 Å². The summed E-state index contributed by atoms with van der Waals surface area (Å²) in [6, 6.07) is 8.29. The highest BCUT2D eigenvalue weighted by atomic mass is 16.5. The van der Waals surface area contributed by atoms with Crippen LogP contribution in [0.1, 0.15) is 37.3 Å². The molecule has 4 heteroatoms. The van der Waals surface area contributed by atoms with E-state index < -0.39 is 0 Å². The Morgan fingerprint density at radius 1 is 1.27 bits per heavy atom. The van der Waals surface area contributed by atoms with Gasteiger partial charge in [-0.1, -0.05) is 24.3 Å². The molecule has 2 aliphatic rings. The molecule has 1 saturated heterocycles. The fourth-order valence-electron chi connectivity index (χ4n) is 3.48. The minimum absolute atomic E-state index is 0.236. The van der Waals surface area contributed by atoms with Crippen molar-refractivity contribution in [2.75, 3.05) is 19.7 Å². The summed E-state index contributed by atoms with van der Waals surface area (Å²) in [6.07, 6.45) is 3.38. The van der Waals surface area contributed by atoms with E-state index in [0.29, 0.717) is 18.6 Å². The lowest BCUT2D eigenvalue weighted by molar-refractivity contribution is -0.123. The molecule has 0 aromatic heterocycles. The van der Waals surface area contributed by atoms with Crippen LogP contribution < -0.4 is 10.6 Å². The van der Waals surface area contributed by atoms with Gasteiger partial charge in [-0.25, -0.2) is 0 Å². The summed E-state index contributed by atoms with van der Waals surface area (Å²) in [5, 5.41) is 6.48. The van der Waals surface area contributed by atoms with E-state index in [9.17, 15) is 4.79 Å². The molecule has 1 spiro atoms. The van der Waals surface area contributed by atoms with Crippen molar-refractivity contribution in [3.8, 4) is 0 Å². The molecule has 1 aromatic carbocycles. The van der Waals surface area contributed by atoms with E-state index in [2.05, 4.69) is 34.9 Å². The molecule has 1 atom stereocenters.